The van der Waals surface area contributed by atoms with Gasteiger partial charge in [-0.1, -0.05) is 29.8 Å². The molecule has 1 heterocycles. The van der Waals surface area contributed by atoms with Crippen LogP contribution in [0.2, 0.25) is 0 Å². The van der Waals surface area contributed by atoms with E-state index in [9.17, 15) is 4.79 Å². The maximum atomic E-state index is 12.5. The van der Waals surface area contributed by atoms with E-state index >= 15 is 0 Å². The number of benzene rings is 2. The molecule has 0 bridgehead atoms. The summed E-state index contributed by atoms with van der Waals surface area (Å²) < 4.78 is 5.14. The van der Waals surface area contributed by atoms with E-state index in [1.54, 1.807) is 7.11 Å². The van der Waals surface area contributed by atoms with Crippen LogP contribution in [0.4, 0.5) is 11.6 Å². The first kappa shape index (κ1) is 16.8. The van der Waals surface area contributed by atoms with Crippen molar-refractivity contribution in [1.82, 2.24) is 9.97 Å². The Morgan fingerprint density at radius 3 is 2.32 bits per heavy atom. The Labute approximate surface area is 146 Å². The molecule has 1 aromatic heterocycles. The van der Waals surface area contributed by atoms with Gasteiger partial charge in [0.1, 0.15) is 5.75 Å². The zero-order valence-electron chi connectivity index (χ0n) is 14.6. The predicted molar refractivity (Wildman–Crippen MR) is 99.9 cm³/mol. The average molecular weight is 335 g/mol. The molecule has 0 aliphatic heterocycles. The zero-order valence-corrected chi connectivity index (χ0v) is 14.6. The van der Waals surface area contributed by atoms with Crippen LogP contribution in [-0.2, 0) is 6.42 Å². The van der Waals surface area contributed by atoms with Crippen LogP contribution in [-0.4, -0.2) is 17.1 Å². The van der Waals surface area contributed by atoms with Crippen molar-refractivity contribution in [1.29, 1.82) is 0 Å². The van der Waals surface area contributed by atoms with Crippen LogP contribution in [0.25, 0.3) is 0 Å². The lowest BCUT2D eigenvalue weighted by Gasteiger charge is -2.10. The molecule has 0 saturated heterocycles. The summed E-state index contributed by atoms with van der Waals surface area (Å²) >= 11 is 0. The Hall–Kier alpha value is -3.08. The van der Waals surface area contributed by atoms with E-state index in [1.807, 2.05) is 62.4 Å². The Morgan fingerprint density at radius 2 is 1.72 bits per heavy atom. The highest BCUT2D eigenvalue weighted by Crippen LogP contribution is 2.18. The highest BCUT2D eigenvalue weighted by Gasteiger charge is 2.09. The first-order valence-corrected chi connectivity index (χ1v) is 8.11. The van der Waals surface area contributed by atoms with Crippen molar-refractivity contribution in [3.8, 4) is 5.75 Å². The van der Waals surface area contributed by atoms with Crippen molar-refractivity contribution in [3.63, 3.8) is 0 Å². The third-order valence-corrected chi connectivity index (χ3v) is 4.08. The fourth-order valence-electron chi connectivity index (χ4n) is 2.60. The molecule has 5 heteroatoms. The molecule has 0 amide bonds. The van der Waals surface area contributed by atoms with Crippen molar-refractivity contribution in [2.24, 2.45) is 0 Å². The average Bonchev–Trinajstić information content (AvgIpc) is 2.60. The number of anilines is 2. The lowest BCUT2D eigenvalue weighted by molar-refractivity contribution is 0.415. The van der Waals surface area contributed by atoms with Gasteiger partial charge in [-0.15, -0.1) is 0 Å². The van der Waals surface area contributed by atoms with E-state index in [2.05, 4.69) is 15.3 Å². The number of aromatic nitrogens is 2. The van der Waals surface area contributed by atoms with Crippen LogP contribution in [0, 0.1) is 13.8 Å². The van der Waals surface area contributed by atoms with Gasteiger partial charge in [-0.05, 0) is 43.7 Å². The first-order chi connectivity index (χ1) is 12.0. The SMILES string of the molecule is COc1ccc(Nc2nc(C)c(Cc3ccc(C)cc3)c(=O)[nH]2)cc1. The molecule has 0 fully saturated rings. The molecule has 2 aromatic carbocycles. The van der Waals surface area contributed by atoms with Crippen LogP contribution in [0.5, 0.6) is 5.75 Å². The number of aromatic amines is 1. The normalized spacial score (nSPS) is 10.5. The van der Waals surface area contributed by atoms with Crippen molar-refractivity contribution >= 4 is 11.6 Å². The number of rotatable bonds is 5. The molecule has 0 atom stereocenters. The van der Waals surface area contributed by atoms with Gasteiger partial charge in [-0.3, -0.25) is 9.78 Å². The summed E-state index contributed by atoms with van der Waals surface area (Å²) in [6, 6.07) is 15.6. The molecule has 0 aliphatic rings. The number of aryl methyl sites for hydroxylation is 2. The Kier molecular flexibility index (Phi) is 4.84. The molecule has 0 unspecified atom stereocenters. The van der Waals surface area contributed by atoms with Gasteiger partial charge in [0.25, 0.3) is 5.56 Å². The molecule has 0 saturated carbocycles. The minimum absolute atomic E-state index is 0.121. The van der Waals surface area contributed by atoms with Crippen LogP contribution in [0.1, 0.15) is 22.4 Å². The number of H-pyrrole nitrogens is 1. The van der Waals surface area contributed by atoms with Gasteiger partial charge in [0.05, 0.1) is 12.8 Å². The topological polar surface area (TPSA) is 67.0 Å². The number of nitrogens with one attached hydrogen (secondary N) is 2. The number of methoxy groups -OCH3 is 1. The van der Waals surface area contributed by atoms with Crippen molar-refractivity contribution < 1.29 is 4.74 Å². The van der Waals surface area contributed by atoms with E-state index < -0.39 is 0 Å². The van der Waals surface area contributed by atoms with Crippen LogP contribution >= 0.6 is 0 Å². The second-order valence-corrected chi connectivity index (χ2v) is 5.99. The maximum Gasteiger partial charge on any atom is 0.256 e. The smallest absolute Gasteiger partial charge is 0.256 e. The molecular weight excluding hydrogens is 314 g/mol. The quantitative estimate of drug-likeness (QED) is 0.745. The van der Waals surface area contributed by atoms with Crippen molar-refractivity contribution in [2.45, 2.75) is 20.3 Å². The third kappa shape index (κ3) is 4.07. The summed E-state index contributed by atoms with van der Waals surface area (Å²) in [6.45, 7) is 3.90. The summed E-state index contributed by atoms with van der Waals surface area (Å²) in [5.74, 6) is 1.21. The Bertz CT molecular complexity index is 913. The van der Waals surface area contributed by atoms with Gasteiger partial charge < -0.3 is 10.1 Å². The van der Waals surface area contributed by atoms with Gasteiger partial charge in [-0.2, -0.15) is 0 Å². The van der Waals surface area contributed by atoms with Gasteiger partial charge in [-0.25, -0.2) is 4.98 Å². The summed E-state index contributed by atoms with van der Waals surface area (Å²) in [5, 5.41) is 3.11. The fourth-order valence-corrected chi connectivity index (χ4v) is 2.60. The summed E-state index contributed by atoms with van der Waals surface area (Å²) in [6.07, 6.45) is 0.567. The number of ether oxygens (including phenoxy) is 1. The lowest BCUT2D eigenvalue weighted by atomic mass is 10.0. The molecule has 0 spiro atoms. The molecule has 3 rings (SSSR count). The number of hydrogen-bond acceptors (Lipinski definition) is 4. The van der Waals surface area contributed by atoms with Crippen molar-refractivity contribution in [3.05, 3.63) is 81.3 Å². The fraction of sp³-hybridized carbons (Fsp3) is 0.200. The Morgan fingerprint density at radius 1 is 1.04 bits per heavy atom. The highest BCUT2D eigenvalue weighted by molar-refractivity contribution is 5.54. The largest absolute Gasteiger partial charge is 0.497 e. The molecule has 25 heavy (non-hydrogen) atoms. The predicted octanol–water partition coefficient (Wildman–Crippen LogP) is 3.73. The van der Waals surface area contributed by atoms with E-state index in [0.717, 1.165) is 22.7 Å². The maximum absolute atomic E-state index is 12.5. The minimum Gasteiger partial charge on any atom is -0.497 e. The van der Waals surface area contributed by atoms with Gasteiger partial charge in [0.15, 0.2) is 0 Å². The van der Waals surface area contributed by atoms with Gasteiger partial charge in [0, 0.05) is 17.7 Å². The lowest BCUT2D eigenvalue weighted by Crippen LogP contribution is -2.18. The van der Waals surface area contributed by atoms with Crippen LogP contribution in [0.15, 0.2) is 53.3 Å². The summed E-state index contributed by atoms with van der Waals surface area (Å²) in [7, 11) is 1.62. The second kappa shape index (κ2) is 7.21. The Balaban J connectivity index is 1.81. The van der Waals surface area contributed by atoms with Crippen LogP contribution in [0.3, 0.4) is 0 Å². The third-order valence-electron chi connectivity index (χ3n) is 4.08. The van der Waals surface area contributed by atoms with E-state index in [-0.39, 0.29) is 5.56 Å². The standard InChI is InChI=1S/C20H21N3O2/c1-13-4-6-15(7-5-13)12-18-14(2)21-20(23-19(18)24)22-16-8-10-17(25-3)11-9-16/h4-11H,12H2,1-3H3,(H2,21,22,23,24). The van der Waals surface area contributed by atoms with E-state index in [1.165, 1.54) is 5.56 Å². The van der Waals surface area contributed by atoms with E-state index in [0.29, 0.717) is 17.9 Å². The molecule has 3 aromatic rings. The summed E-state index contributed by atoms with van der Waals surface area (Å²) in [4.78, 5) is 19.8. The zero-order chi connectivity index (χ0) is 17.8. The molecule has 2 N–H and O–H groups in total. The van der Waals surface area contributed by atoms with Crippen LogP contribution < -0.4 is 15.6 Å². The van der Waals surface area contributed by atoms with Gasteiger partial charge >= 0.3 is 0 Å². The first-order valence-electron chi connectivity index (χ1n) is 8.11. The molecule has 0 aliphatic carbocycles. The van der Waals surface area contributed by atoms with E-state index in [4.69, 9.17) is 4.74 Å². The molecular formula is C20H21N3O2. The van der Waals surface area contributed by atoms with Gasteiger partial charge in [0.2, 0.25) is 5.95 Å². The molecule has 0 radical (unpaired) electrons. The van der Waals surface area contributed by atoms with Crippen molar-refractivity contribution in [2.75, 3.05) is 12.4 Å². The second-order valence-electron chi connectivity index (χ2n) is 5.99. The highest BCUT2D eigenvalue weighted by atomic mass is 16.5. The monoisotopic (exact) mass is 335 g/mol. The minimum atomic E-state index is -0.121. The summed E-state index contributed by atoms with van der Waals surface area (Å²) in [5.41, 5.74) is 4.41. The molecule has 5 nitrogen and oxygen atoms in total. The number of nitrogens with zero attached hydrogens (tertiary/aromatic N) is 1. The molecule has 128 valence electrons. The number of hydrogen-bond donors (Lipinski definition) is 2.